The standard InChI is InChI=1S/C13H17F3O/c1-9-3-5-11(6-4-9)12(8-17)10(2)7-13(14,15)16/h3-6,10,12,17H,7-8H2,1-2H3. The number of aliphatic hydroxyl groups excluding tert-OH is 1. The first-order valence-electron chi connectivity index (χ1n) is 5.57. The lowest BCUT2D eigenvalue weighted by Gasteiger charge is -2.23. The molecule has 1 aromatic carbocycles. The average molecular weight is 246 g/mol. The van der Waals surface area contributed by atoms with Crippen molar-refractivity contribution in [1.29, 1.82) is 0 Å². The van der Waals surface area contributed by atoms with Gasteiger partial charge in [0, 0.05) is 12.3 Å². The third kappa shape index (κ3) is 4.38. The van der Waals surface area contributed by atoms with Crippen molar-refractivity contribution < 1.29 is 18.3 Å². The Hall–Kier alpha value is -1.03. The van der Waals surface area contributed by atoms with Gasteiger partial charge >= 0.3 is 6.18 Å². The van der Waals surface area contributed by atoms with Gasteiger partial charge in [-0.3, -0.25) is 0 Å². The van der Waals surface area contributed by atoms with Gasteiger partial charge in [0.2, 0.25) is 0 Å². The number of hydrogen-bond acceptors (Lipinski definition) is 1. The summed E-state index contributed by atoms with van der Waals surface area (Å²) in [7, 11) is 0. The van der Waals surface area contributed by atoms with E-state index in [9.17, 15) is 18.3 Å². The number of alkyl halides is 3. The summed E-state index contributed by atoms with van der Waals surface area (Å²) >= 11 is 0. The zero-order valence-electron chi connectivity index (χ0n) is 9.96. The molecular formula is C13H17F3O. The van der Waals surface area contributed by atoms with Crippen LogP contribution in [0.5, 0.6) is 0 Å². The number of hydrogen-bond donors (Lipinski definition) is 1. The van der Waals surface area contributed by atoms with Crippen molar-refractivity contribution in [2.75, 3.05) is 6.61 Å². The molecule has 0 aliphatic rings. The molecule has 0 aliphatic heterocycles. The van der Waals surface area contributed by atoms with Gasteiger partial charge in [-0.05, 0) is 18.4 Å². The third-order valence-corrected chi connectivity index (χ3v) is 2.94. The van der Waals surface area contributed by atoms with Crippen LogP contribution in [0.4, 0.5) is 13.2 Å². The summed E-state index contributed by atoms with van der Waals surface area (Å²) in [6, 6.07) is 7.25. The first-order chi connectivity index (χ1) is 7.83. The molecule has 1 nitrogen and oxygen atoms in total. The Morgan fingerprint density at radius 2 is 1.71 bits per heavy atom. The maximum absolute atomic E-state index is 12.3. The van der Waals surface area contributed by atoms with Crippen LogP contribution in [0.1, 0.15) is 30.4 Å². The largest absolute Gasteiger partial charge is 0.396 e. The second-order valence-corrected chi connectivity index (χ2v) is 4.50. The highest BCUT2D eigenvalue weighted by molar-refractivity contribution is 5.25. The molecule has 0 aliphatic carbocycles. The van der Waals surface area contributed by atoms with E-state index in [4.69, 9.17) is 0 Å². The normalized spacial score (nSPS) is 15.6. The fourth-order valence-electron chi connectivity index (χ4n) is 1.93. The van der Waals surface area contributed by atoms with Gasteiger partial charge in [-0.25, -0.2) is 0 Å². The Bertz CT molecular complexity index is 343. The summed E-state index contributed by atoms with van der Waals surface area (Å²) in [5, 5.41) is 9.25. The van der Waals surface area contributed by atoms with Crippen molar-refractivity contribution in [1.82, 2.24) is 0 Å². The first-order valence-corrected chi connectivity index (χ1v) is 5.57. The number of benzene rings is 1. The predicted octanol–water partition coefficient (Wildman–Crippen LogP) is 3.66. The van der Waals surface area contributed by atoms with Crippen LogP contribution in [0.3, 0.4) is 0 Å². The minimum absolute atomic E-state index is 0.264. The van der Waals surface area contributed by atoms with Crippen molar-refractivity contribution in [2.45, 2.75) is 32.4 Å². The van der Waals surface area contributed by atoms with Gasteiger partial charge in [0.05, 0.1) is 6.61 Å². The Labute approximate surface area is 99.3 Å². The molecule has 17 heavy (non-hydrogen) atoms. The van der Waals surface area contributed by atoms with E-state index in [1.165, 1.54) is 6.92 Å². The Morgan fingerprint density at radius 1 is 1.18 bits per heavy atom. The van der Waals surface area contributed by atoms with E-state index in [0.29, 0.717) is 0 Å². The molecule has 0 spiro atoms. The van der Waals surface area contributed by atoms with Crippen LogP contribution in [-0.2, 0) is 0 Å². The Kier molecular flexibility index (Phi) is 4.57. The van der Waals surface area contributed by atoms with Crippen LogP contribution < -0.4 is 0 Å². The van der Waals surface area contributed by atoms with E-state index in [0.717, 1.165) is 11.1 Å². The van der Waals surface area contributed by atoms with Crippen LogP contribution in [0.25, 0.3) is 0 Å². The van der Waals surface area contributed by atoms with Crippen LogP contribution in [0.15, 0.2) is 24.3 Å². The molecule has 2 atom stereocenters. The number of halogens is 3. The fraction of sp³-hybridized carbons (Fsp3) is 0.538. The topological polar surface area (TPSA) is 20.2 Å². The molecule has 0 radical (unpaired) electrons. The highest BCUT2D eigenvalue weighted by Crippen LogP contribution is 2.33. The monoisotopic (exact) mass is 246 g/mol. The summed E-state index contributed by atoms with van der Waals surface area (Å²) in [6.45, 7) is 3.17. The number of rotatable bonds is 4. The van der Waals surface area contributed by atoms with Gasteiger partial charge in [0.1, 0.15) is 0 Å². The average Bonchev–Trinajstić information content (AvgIpc) is 2.19. The van der Waals surface area contributed by atoms with E-state index in [-0.39, 0.29) is 6.61 Å². The van der Waals surface area contributed by atoms with E-state index >= 15 is 0 Å². The first kappa shape index (κ1) is 14.0. The zero-order chi connectivity index (χ0) is 13.1. The molecule has 1 N–H and O–H groups in total. The minimum Gasteiger partial charge on any atom is -0.396 e. The van der Waals surface area contributed by atoms with E-state index in [2.05, 4.69) is 0 Å². The molecule has 0 bridgehead atoms. The highest BCUT2D eigenvalue weighted by atomic mass is 19.4. The van der Waals surface area contributed by atoms with E-state index in [1.54, 1.807) is 12.1 Å². The molecule has 1 aromatic rings. The van der Waals surface area contributed by atoms with Gasteiger partial charge in [0.25, 0.3) is 0 Å². The van der Waals surface area contributed by atoms with Crippen molar-refractivity contribution in [3.8, 4) is 0 Å². The maximum atomic E-state index is 12.3. The SMILES string of the molecule is Cc1ccc(C(CO)C(C)CC(F)(F)F)cc1. The fourth-order valence-corrected chi connectivity index (χ4v) is 1.93. The Morgan fingerprint density at radius 3 is 2.12 bits per heavy atom. The molecule has 0 saturated heterocycles. The number of aliphatic hydroxyl groups is 1. The molecule has 0 aromatic heterocycles. The molecule has 0 heterocycles. The molecule has 0 saturated carbocycles. The van der Waals surface area contributed by atoms with Crippen molar-refractivity contribution in [2.24, 2.45) is 5.92 Å². The summed E-state index contributed by atoms with van der Waals surface area (Å²) in [5.41, 5.74) is 1.81. The third-order valence-electron chi connectivity index (χ3n) is 2.94. The second-order valence-electron chi connectivity index (χ2n) is 4.50. The van der Waals surface area contributed by atoms with Crippen LogP contribution in [-0.4, -0.2) is 17.9 Å². The highest BCUT2D eigenvalue weighted by Gasteiger charge is 2.33. The summed E-state index contributed by atoms with van der Waals surface area (Å²) in [6.07, 6.45) is -5.05. The Balaban J connectivity index is 2.80. The van der Waals surface area contributed by atoms with Crippen LogP contribution in [0, 0.1) is 12.8 Å². The second kappa shape index (κ2) is 5.54. The molecule has 96 valence electrons. The van der Waals surface area contributed by atoms with Gasteiger partial charge in [-0.15, -0.1) is 0 Å². The van der Waals surface area contributed by atoms with Crippen LogP contribution >= 0.6 is 0 Å². The van der Waals surface area contributed by atoms with Crippen molar-refractivity contribution in [3.05, 3.63) is 35.4 Å². The van der Waals surface area contributed by atoms with Gasteiger partial charge in [-0.1, -0.05) is 36.8 Å². The van der Waals surface area contributed by atoms with E-state index in [1.807, 2.05) is 19.1 Å². The zero-order valence-corrected chi connectivity index (χ0v) is 9.96. The van der Waals surface area contributed by atoms with Crippen molar-refractivity contribution in [3.63, 3.8) is 0 Å². The lowest BCUT2D eigenvalue weighted by molar-refractivity contribution is -0.145. The molecular weight excluding hydrogens is 229 g/mol. The molecule has 0 amide bonds. The summed E-state index contributed by atoms with van der Waals surface area (Å²) in [5.74, 6) is -1.08. The van der Waals surface area contributed by atoms with Gasteiger partial charge < -0.3 is 5.11 Å². The van der Waals surface area contributed by atoms with Crippen molar-refractivity contribution >= 4 is 0 Å². The van der Waals surface area contributed by atoms with Gasteiger partial charge in [0.15, 0.2) is 0 Å². The molecule has 4 heteroatoms. The maximum Gasteiger partial charge on any atom is 0.389 e. The molecule has 1 rings (SSSR count). The lowest BCUT2D eigenvalue weighted by Crippen LogP contribution is -2.21. The number of aryl methyl sites for hydroxylation is 1. The molecule has 2 unspecified atom stereocenters. The van der Waals surface area contributed by atoms with E-state index < -0.39 is 24.4 Å². The summed E-state index contributed by atoms with van der Waals surface area (Å²) < 4.78 is 36.9. The smallest absolute Gasteiger partial charge is 0.389 e. The van der Waals surface area contributed by atoms with Gasteiger partial charge in [-0.2, -0.15) is 13.2 Å². The van der Waals surface area contributed by atoms with Crippen LogP contribution in [0.2, 0.25) is 0 Å². The minimum atomic E-state index is -4.18. The summed E-state index contributed by atoms with van der Waals surface area (Å²) in [4.78, 5) is 0. The lowest BCUT2D eigenvalue weighted by atomic mass is 9.85. The molecule has 0 fully saturated rings. The predicted molar refractivity (Wildman–Crippen MR) is 60.8 cm³/mol. The quantitative estimate of drug-likeness (QED) is 0.859.